The second kappa shape index (κ2) is 8.31. The van der Waals surface area contributed by atoms with E-state index < -0.39 is 0 Å². The number of ether oxygens (including phenoxy) is 1. The van der Waals surface area contributed by atoms with Crippen LogP contribution in [0.3, 0.4) is 0 Å². The highest BCUT2D eigenvalue weighted by molar-refractivity contribution is 5.29. The summed E-state index contributed by atoms with van der Waals surface area (Å²) in [5.74, 6) is 1.87. The Kier molecular flexibility index (Phi) is 6.38. The quantitative estimate of drug-likeness (QED) is 0.773. The lowest BCUT2D eigenvalue weighted by Gasteiger charge is -2.23. The Bertz CT molecular complexity index is 368. The minimum atomic E-state index is 0.178. The van der Waals surface area contributed by atoms with Gasteiger partial charge >= 0.3 is 0 Å². The molecular weight excluding hydrogens is 246 g/mol. The summed E-state index contributed by atoms with van der Waals surface area (Å²) in [4.78, 5) is 0. The highest BCUT2D eigenvalue weighted by Crippen LogP contribution is 2.30. The Labute approximate surface area is 123 Å². The van der Waals surface area contributed by atoms with Crippen LogP contribution in [0.2, 0.25) is 0 Å². The molecule has 2 rings (SSSR count). The van der Waals surface area contributed by atoms with Gasteiger partial charge in [-0.05, 0) is 42.9 Å². The molecular formula is C18H29NO. The molecule has 1 saturated carbocycles. The van der Waals surface area contributed by atoms with Crippen LogP contribution in [-0.4, -0.2) is 6.61 Å². The molecule has 2 nitrogen and oxygen atoms in total. The minimum absolute atomic E-state index is 0.178. The molecule has 0 aliphatic heterocycles. The molecule has 0 radical (unpaired) electrons. The van der Waals surface area contributed by atoms with E-state index in [9.17, 15) is 0 Å². The number of nitrogens with two attached hydrogens (primary N) is 1. The van der Waals surface area contributed by atoms with Crippen molar-refractivity contribution in [3.05, 3.63) is 29.8 Å². The molecule has 1 aromatic rings. The van der Waals surface area contributed by atoms with E-state index in [1.807, 2.05) is 12.1 Å². The van der Waals surface area contributed by atoms with Crippen LogP contribution >= 0.6 is 0 Å². The third-order valence-corrected chi connectivity index (χ3v) is 4.39. The second-order valence-electron chi connectivity index (χ2n) is 6.11. The fourth-order valence-electron chi connectivity index (χ4n) is 3.09. The zero-order valence-corrected chi connectivity index (χ0v) is 12.8. The van der Waals surface area contributed by atoms with Crippen LogP contribution in [0.25, 0.3) is 0 Å². The largest absolute Gasteiger partial charge is 0.494 e. The average Bonchev–Trinajstić information content (AvgIpc) is 2.52. The monoisotopic (exact) mass is 275 g/mol. The zero-order chi connectivity index (χ0) is 14.2. The molecule has 2 N–H and O–H groups in total. The number of hydrogen-bond donors (Lipinski definition) is 1. The van der Waals surface area contributed by atoms with Crippen molar-refractivity contribution >= 4 is 0 Å². The van der Waals surface area contributed by atoms with Gasteiger partial charge in [0, 0.05) is 6.04 Å². The first-order valence-electron chi connectivity index (χ1n) is 8.28. The smallest absolute Gasteiger partial charge is 0.119 e. The summed E-state index contributed by atoms with van der Waals surface area (Å²) in [7, 11) is 0. The summed E-state index contributed by atoms with van der Waals surface area (Å²) >= 11 is 0. The Morgan fingerprint density at radius 1 is 1.15 bits per heavy atom. The Morgan fingerprint density at radius 2 is 1.85 bits per heavy atom. The summed E-state index contributed by atoms with van der Waals surface area (Å²) in [5.41, 5.74) is 7.56. The summed E-state index contributed by atoms with van der Waals surface area (Å²) in [6.07, 6.45) is 10.5. The predicted molar refractivity (Wildman–Crippen MR) is 85.0 cm³/mol. The Morgan fingerprint density at radius 3 is 2.50 bits per heavy atom. The fraction of sp³-hybridized carbons (Fsp3) is 0.667. The van der Waals surface area contributed by atoms with Crippen LogP contribution in [-0.2, 0) is 0 Å². The molecule has 1 fully saturated rings. The van der Waals surface area contributed by atoms with E-state index >= 15 is 0 Å². The first-order valence-corrected chi connectivity index (χ1v) is 8.28. The maximum Gasteiger partial charge on any atom is 0.119 e. The van der Waals surface area contributed by atoms with Gasteiger partial charge in [0.2, 0.25) is 0 Å². The molecule has 0 spiro atoms. The van der Waals surface area contributed by atoms with Crippen molar-refractivity contribution in [1.82, 2.24) is 0 Å². The number of hydrogen-bond acceptors (Lipinski definition) is 2. The van der Waals surface area contributed by atoms with Crippen molar-refractivity contribution in [2.75, 3.05) is 6.61 Å². The van der Waals surface area contributed by atoms with Crippen LogP contribution in [0, 0.1) is 5.92 Å². The molecule has 0 bridgehead atoms. The molecule has 0 amide bonds. The van der Waals surface area contributed by atoms with E-state index in [4.69, 9.17) is 10.5 Å². The highest BCUT2D eigenvalue weighted by atomic mass is 16.5. The van der Waals surface area contributed by atoms with Crippen molar-refractivity contribution in [3.63, 3.8) is 0 Å². The van der Waals surface area contributed by atoms with Crippen LogP contribution < -0.4 is 10.5 Å². The molecule has 0 aromatic heterocycles. The molecule has 1 atom stereocenters. The van der Waals surface area contributed by atoms with Gasteiger partial charge in [0.15, 0.2) is 0 Å². The van der Waals surface area contributed by atoms with E-state index in [1.165, 1.54) is 44.1 Å². The molecule has 20 heavy (non-hydrogen) atoms. The predicted octanol–water partition coefficient (Wildman–Crippen LogP) is 4.84. The van der Waals surface area contributed by atoms with Crippen LogP contribution in [0.4, 0.5) is 0 Å². The molecule has 1 aliphatic rings. The van der Waals surface area contributed by atoms with E-state index in [2.05, 4.69) is 19.1 Å². The summed E-state index contributed by atoms with van der Waals surface area (Å²) < 4.78 is 5.60. The normalized spacial score (nSPS) is 17.9. The van der Waals surface area contributed by atoms with E-state index in [-0.39, 0.29) is 6.04 Å². The molecule has 0 saturated heterocycles. The van der Waals surface area contributed by atoms with Gasteiger partial charge in [-0.25, -0.2) is 0 Å². The van der Waals surface area contributed by atoms with Crippen LogP contribution in [0.5, 0.6) is 5.75 Å². The molecule has 112 valence electrons. The van der Waals surface area contributed by atoms with E-state index in [1.54, 1.807) is 0 Å². The van der Waals surface area contributed by atoms with Gasteiger partial charge in [-0.2, -0.15) is 0 Å². The third kappa shape index (κ3) is 4.82. The van der Waals surface area contributed by atoms with Crippen molar-refractivity contribution in [2.24, 2.45) is 11.7 Å². The SMILES string of the molecule is CCCOc1ccc(C(N)CCC2CCCCC2)cc1. The highest BCUT2D eigenvalue weighted by Gasteiger charge is 2.15. The Balaban J connectivity index is 1.77. The summed E-state index contributed by atoms with van der Waals surface area (Å²) in [6.45, 7) is 2.91. The number of rotatable bonds is 7. The fourth-order valence-corrected chi connectivity index (χ4v) is 3.09. The lowest BCUT2D eigenvalue weighted by Crippen LogP contribution is -2.14. The number of benzene rings is 1. The standard InChI is InChI=1S/C18H29NO/c1-2-14-20-17-11-9-16(10-12-17)18(19)13-8-15-6-4-3-5-7-15/h9-12,15,18H,2-8,13-14,19H2,1H3. The first kappa shape index (κ1) is 15.4. The van der Waals surface area contributed by atoms with Crippen molar-refractivity contribution in [1.29, 1.82) is 0 Å². The van der Waals surface area contributed by atoms with Crippen molar-refractivity contribution in [3.8, 4) is 5.75 Å². The van der Waals surface area contributed by atoms with Gasteiger partial charge in [-0.3, -0.25) is 0 Å². The van der Waals surface area contributed by atoms with E-state index in [0.29, 0.717) is 0 Å². The first-order chi connectivity index (χ1) is 9.79. The molecule has 1 aliphatic carbocycles. The maximum atomic E-state index is 6.32. The molecule has 1 aromatic carbocycles. The third-order valence-electron chi connectivity index (χ3n) is 4.39. The topological polar surface area (TPSA) is 35.2 Å². The Hall–Kier alpha value is -1.02. The van der Waals surface area contributed by atoms with Gasteiger partial charge in [-0.1, -0.05) is 51.2 Å². The summed E-state index contributed by atoms with van der Waals surface area (Å²) in [6, 6.07) is 8.52. The maximum absolute atomic E-state index is 6.32. The summed E-state index contributed by atoms with van der Waals surface area (Å²) in [5, 5.41) is 0. The van der Waals surface area contributed by atoms with Gasteiger partial charge in [0.05, 0.1) is 6.61 Å². The van der Waals surface area contributed by atoms with Crippen LogP contribution in [0.15, 0.2) is 24.3 Å². The van der Waals surface area contributed by atoms with Crippen molar-refractivity contribution in [2.45, 2.75) is 64.3 Å². The molecule has 0 heterocycles. The van der Waals surface area contributed by atoms with Gasteiger partial charge in [0.1, 0.15) is 5.75 Å². The lowest BCUT2D eigenvalue weighted by molar-refractivity contribution is 0.316. The average molecular weight is 275 g/mol. The molecule has 2 heteroatoms. The lowest BCUT2D eigenvalue weighted by atomic mass is 9.84. The second-order valence-corrected chi connectivity index (χ2v) is 6.11. The zero-order valence-electron chi connectivity index (χ0n) is 12.8. The van der Waals surface area contributed by atoms with Crippen molar-refractivity contribution < 1.29 is 4.74 Å². The van der Waals surface area contributed by atoms with Crippen LogP contribution in [0.1, 0.15) is 69.9 Å². The van der Waals surface area contributed by atoms with Gasteiger partial charge < -0.3 is 10.5 Å². The minimum Gasteiger partial charge on any atom is -0.494 e. The van der Waals surface area contributed by atoms with E-state index in [0.717, 1.165) is 31.1 Å². The van der Waals surface area contributed by atoms with Gasteiger partial charge in [-0.15, -0.1) is 0 Å². The molecule has 1 unspecified atom stereocenters. The van der Waals surface area contributed by atoms with Gasteiger partial charge in [0.25, 0.3) is 0 Å².